The lowest BCUT2D eigenvalue weighted by atomic mass is 10.2. The Morgan fingerprint density at radius 3 is 2.58 bits per heavy atom. The molecular formula is C8H16N4. The fraction of sp³-hybridized carbons (Fsp3) is 0.750. The van der Waals surface area contributed by atoms with E-state index in [1.807, 2.05) is 17.8 Å². The Hall–Kier alpha value is -0.900. The van der Waals surface area contributed by atoms with Crippen molar-refractivity contribution in [2.75, 3.05) is 0 Å². The third kappa shape index (κ3) is 2.30. The number of nitrogens with two attached hydrogens (primary N) is 1. The van der Waals surface area contributed by atoms with Crippen LogP contribution in [0.2, 0.25) is 0 Å². The lowest BCUT2D eigenvalue weighted by molar-refractivity contribution is 0.472. The molecule has 1 heterocycles. The molecule has 4 heteroatoms. The Bertz CT molecular complexity index is 239. The van der Waals surface area contributed by atoms with Crippen LogP contribution in [0.25, 0.3) is 0 Å². The van der Waals surface area contributed by atoms with Crippen molar-refractivity contribution in [3.8, 4) is 0 Å². The average molecular weight is 168 g/mol. The summed E-state index contributed by atoms with van der Waals surface area (Å²) in [6.07, 6.45) is 1.91. The highest BCUT2D eigenvalue weighted by Gasteiger charge is 2.05. The van der Waals surface area contributed by atoms with E-state index in [1.165, 1.54) is 0 Å². The first-order valence-electron chi connectivity index (χ1n) is 4.25. The van der Waals surface area contributed by atoms with Crippen LogP contribution in [0.5, 0.6) is 0 Å². The monoisotopic (exact) mass is 168 g/mol. The summed E-state index contributed by atoms with van der Waals surface area (Å²) in [6.45, 7) is 7.10. The summed E-state index contributed by atoms with van der Waals surface area (Å²) in [4.78, 5) is 0. The smallest absolute Gasteiger partial charge is 0.0991 e. The molecule has 0 aliphatic heterocycles. The van der Waals surface area contributed by atoms with Crippen LogP contribution in [-0.2, 0) is 6.54 Å². The SMILES string of the molecule is CC(C)Cn1cc([C@H](C)N)nn1. The molecule has 0 saturated heterocycles. The molecule has 0 aliphatic rings. The summed E-state index contributed by atoms with van der Waals surface area (Å²) < 4.78 is 1.84. The molecule has 0 aromatic carbocycles. The van der Waals surface area contributed by atoms with Gasteiger partial charge in [0, 0.05) is 12.6 Å². The summed E-state index contributed by atoms with van der Waals surface area (Å²) in [5, 5.41) is 7.92. The number of hydrogen-bond donors (Lipinski definition) is 1. The van der Waals surface area contributed by atoms with Crippen LogP contribution in [0.15, 0.2) is 6.20 Å². The summed E-state index contributed by atoms with van der Waals surface area (Å²) in [5.41, 5.74) is 6.50. The van der Waals surface area contributed by atoms with Gasteiger partial charge in [-0.25, -0.2) is 0 Å². The Balaban J connectivity index is 2.64. The first-order valence-corrected chi connectivity index (χ1v) is 4.25. The quantitative estimate of drug-likeness (QED) is 0.731. The molecule has 0 aliphatic carbocycles. The molecule has 0 bridgehead atoms. The Morgan fingerprint density at radius 1 is 1.50 bits per heavy atom. The van der Waals surface area contributed by atoms with Crippen LogP contribution < -0.4 is 5.73 Å². The van der Waals surface area contributed by atoms with E-state index in [9.17, 15) is 0 Å². The van der Waals surface area contributed by atoms with E-state index < -0.39 is 0 Å². The predicted octanol–water partition coefficient (Wildman–Crippen LogP) is 0.954. The van der Waals surface area contributed by atoms with Gasteiger partial charge in [0.15, 0.2) is 0 Å². The second-order valence-electron chi connectivity index (χ2n) is 3.55. The number of rotatable bonds is 3. The zero-order valence-corrected chi connectivity index (χ0v) is 7.86. The topological polar surface area (TPSA) is 56.7 Å². The minimum atomic E-state index is -0.0223. The summed E-state index contributed by atoms with van der Waals surface area (Å²) >= 11 is 0. The van der Waals surface area contributed by atoms with Gasteiger partial charge in [0.25, 0.3) is 0 Å². The van der Waals surface area contributed by atoms with E-state index in [1.54, 1.807) is 0 Å². The molecule has 1 atom stereocenters. The summed E-state index contributed by atoms with van der Waals surface area (Å²) in [7, 11) is 0. The Kier molecular flexibility index (Phi) is 2.81. The molecule has 0 unspecified atom stereocenters. The van der Waals surface area contributed by atoms with Crippen molar-refractivity contribution in [1.82, 2.24) is 15.0 Å². The van der Waals surface area contributed by atoms with Crippen LogP contribution in [-0.4, -0.2) is 15.0 Å². The van der Waals surface area contributed by atoms with Crippen LogP contribution in [0.4, 0.5) is 0 Å². The van der Waals surface area contributed by atoms with Crippen molar-refractivity contribution in [2.45, 2.75) is 33.4 Å². The van der Waals surface area contributed by atoms with Gasteiger partial charge in [-0.2, -0.15) is 0 Å². The van der Waals surface area contributed by atoms with Crippen molar-refractivity contribution < 1.29 is 0 Å². The van der Waals surface area contributed by atoms with Crippen LogP contribution in [0.1, 0.15) is 32.5 Å². The van der Waals surface area contributed by atoms with Crippen molar-refractivity contribution in [3.05, 3.63) is 11.9 Å². The van der Waals surface area contributed by atoms with Crippen LogP contribution in [0.3, 0.4) is 0 Å². The molecule has 0 fully saturated rings. The largest absolute Gasteiger partial charge is 0.323 e. The van der Waals surface area contributed by atoms with E-state index in [4.69, 9.17) is 5.73 Å². The maximum Gasteiger partial charge on any atom is 0.0991 e. The van der Waals surface area contributed by atoms with Gasteiger partial charge < -0.3 is 5.73 Å². The molecule has 1 aromatic rings. The van der Waals surface area contributed by atoms with Crippen LogP contribution >= 0.6 is 0 Å². The summed E-state index contributed by atoms with van der Waals surface area (Å²) in [6, 6.07) is -0.0223. The first kappa shape index (κ1) is 9.19. The third-order valence-corrected chi connectivity index (χ3v) is 1.58. The van der Waals surface area contributed by atoms with Gasteiger partial charge in [0.1, 0.15) is 0 Å². The summed E-state index contributed by atoms with van der Waals surface area (Å²) in [5.74, 6) is 0.590. The van der Waals surface area contributed by atoms with Gasteiger partial charge in [-0.1, -0.05) is 19.1 Å². The van der Waals surface area contributed by atoms with E-state index >= 15 is 0 Å². The predicted molar refractivity (Wildman–Crippen MR) is 47.5 cm³/mol. The normalized spacial score (nSPS) is 13.8. The molecule has 68 valence electrons. The molecule has 2 N–H and O–H groups in total. The zero-order chi connectivity index (χ0) is 9.14. The third-order valence-electron chi connectivity index (χ3n) is 1.58. The average Bonchev–Trinajstić information content (AvgIpc) is 2.34. The second-order valence-corrected chi connectivity index (χ2v) is 3.55. The molecule has 0 radical (unpaired) electrons. The van der Waals surface area contributed by atoms with Gasteiger partial charge >= 0.3 is 0 Å². The maximum atomic E-state index is 5.64. The zero-order valence-electron chi connectivity index (χ0n) is 7.86. The van der Waals surface area contributed by atoms with Crippen molar-refractivity contribution in [2.24, 2.45) is 11.7 Å². The molecule has 1 rings (SSSR count). The Morgan fingerprint density at radius 2 is 2.17 bits per heavy atom. The van der Waals surface area contributed by atoms with Crippen molar-refractivity contribution >= 4 is 0 Å². The van der Waals surface area contributed by atoms with E-state index in [0.717, 1.165) is 12.2 Å². The second kappa shape index (κ2) is 3.67. The number of aromatic nitrogens is 3. The molecule has 12 heavy (non-hydrogen) atoms. The van der Waals surface area contributed by atoms with Gasteiger partial charge in [-0.3, -0.25) is 4.68 Å². The minimum absolute atomic E-state index is 0.0223. The highest BCUT2D eigenvalue weighted by atomic mass is 15.4. The molecule has 0 saturated carbocycles. The maximum absolute atomic E-state index is 5.64. The van der Waals surface area contributed by atoms with E-state index in [2.05, 4.69) is 24.2 Å². The molecule has 0 amide bonds. The van der Waals surface area contributed by atoms with Crippen molar-refractivity contribution in [3.63, 3.8) is 0 Å². The molecule has 4 nitrogen and oxygen atoms in total. The number of hydrogen-bond acceptors (Lipinski definition) is 3. The van der Waals surface area contributed by atoms with Gasteiger partial charge in [0.2, 0.25) is 0 Å². The van der Waals surface area contributed by atoms with Gasteiger partial charge in [0.05, 0.1) is 11.9 Å². The van der Waals surface area contributed by atoms with Crippen molar-refractivity contribution in [1.29, 1.82) is 0 Å². The lowest BCUT2D eigenvalue weighted by Crippen LogP contribution is -2.06. The lowest BCUT2D eigenvalue weighted by Gasteiger charge is -2.02. The fourth-order valence-corrected chi connectivity index (χ4v) is 0.985. The van der Waals surface area contributed by atoms with Crippen LogP contribution in [0, 0.1) is 5.92 Å². The van der Waals surface area contributed by atoms with E-state index in [0.29, 0.717) is 5.92 Å². The fourth-order valence-electron chi connectivity index (χ4n) is 0.985. The van der Waals surface area contributed by atoms with E-state index in [-0.39, 0.29) is 6.04 Å². The first-order chi connectivity index (χ1) is 5.59. The van der Waals surface area contributed by atoms with Gasteiger partial charge in [-0.05, 0) is 12.8 Å². The molecule has 0 spiro atoms. The highest BCUT2D eigenvalue weighted by molar-refractivity contribution is 4.97. The highest BCUT2D eigenvalue weighted by Crippen LogP contribution is 2.05. The number of nitrogens with zero attached hydrogens (tertiary/aromatic N) is 3. The Labute approximate surface area is 72.8 Å². The molecular weight excluding hydrogens is 152 g/mol. The minimum Gasteiger partial charge on any atom is -0.323 e. The molecule has 1 aromatic heterocycles. The van der Waals surface area contributed by atoms with Gasteiger partial charge in [-0.15, -0.1) is 5.10 Å². The standard InChI is InChI=1S/C8H16N4/c1-6(2)4-12-5-8(7(3)9)10-11-12/h5-7H,4,9H2,1-3H3/t7-/m0/s1.